The molecule has 154 valence electrons. The highest BCUT2D eigenvalue weighted by molar-refractivity contribution is 6.42. The van der Waals surface area contributed by atoms with Gasteiger partial charge in [-0.1, -0.05) is 107 Å². The van der Waals surface area contributed by atoms with Gasteiger partial charge >= 0.3 is 0 Å². The third-order valence-corrected chi connectivity index (χ3v) is 6.00. The predicted octanol–water partition coefficient (Wildman–Crippen LogP) is 7.84. The predicted molar refractivity (Wildman–Crippen MR) is 119 cm³/mol. The average Bonchev–Trinajstić information content (AvgIpc) is 2.67. The molecule has 0 aliphatic rings. The first-order chi connectivity index (χ1) is 13.1. The average molecular weight is 414 g/mol. The minimum atomic E-state index is -0.120. The van der Waals surface area contributed by atoms with Crippen molar-refractivity contribution in [1.82, 2.24) is 0 Å². The Morgan fingerprint density at radius 1 is 0.852 bits per heavy atom. The molecule has 0 saturated heterocycles. The molecule has 0 aliphatic carbocycles. The van der Waals surface area contributed by atoms with Crippen LogP contribution in [0.4, 0.5) is 0 Å². The van der Waals surface area contributed by atoms with Crippen LogP contribution in [0.25, 0.3) is 0 Å². The third kappa shape index (κ3) is 10.5. The van der Waals surface area contributed by atoms with E-state index in [1.807, 2.05) is 0 Å². The largest absolute Gasteiger partial charge is 0.330 e. The van der Waals surface area contributed by atoms with Crippen molar-refractivity contribution in [3.63, 3.8) is 0 Å². The van der Waals surface area contributed by atoms with E-state index >= 15 is 0 Å². The topological polar surface area (TPSA) is 43.1 Å². The number of unbranched alkanes of at least 4 members (excludes halogenated alkanes) is 11. The standard InChI is InChI=1S/C23H37Cl2NO/c1-2-3-4-5-6-7-8-9-10-11-12-13-14-20(18-26)23(27)19-15-16-21(24)22(25)17-19/h15-17,20H,2-14,18,26H2,1H3. The number of ketones is 1. The maximum Gasteiger partial charge on any atom is 0.167 e. The highest BCUT2D eigenvalue weighted by atomic mass is 35.5. The first kappa shape index (κ1) is 24.5. The van der Waals surface area contributed by atoms with Gasteiger partial charge in [0.1, 0.15) is 0 Å². The van der Waals surface area contributed by atoms with Gasteiger partial charge in [0.2, 0.25) is 0 Å². The van der Waals surface area contributed by atoms with E-state index in [1.165, 1.54) is 70.6 Å². The van der Waals surface area contributed by atoms with Crippen molar-refractivity contribution in [2.24, 2.45) is 11.7 Å². The summed E-state index contributed by atoms with van der Waals surface area (Å²) in [5, 5.41) is 0.891. The summed E-state index contributed by atoms with van der Waals surface area (Å²) in [6.45, 7) is 2.65. The van der Waals surface area contributed by atoms with E-state index in [9.17, 15) is 4.79 Å². The summed E-state index contributed by atoms with van der Waals surface area (Å²) in [6, 6.07) is 5.06. The fourth-order valence-corrected chi connectivity index (χ4v) is 3.77. The number of carbonyl (C=O) groups excluding carboxylic acids is 1. The smallest absolute Gasteiger partial charge is 0.167 e. The first-order valence-electron chi connectivity index (χ1n) is 10.8. The SMILES string of the molecule is CCCCCCCCCCCCCCC(CN)C(=O)c1ccc(Cl)c(Cl)c1. The van der Waals surface area contributed by atoms with E-state index in [0.29, 0.717) is 22.2 Å². The number of rotatable bonds is 16. The summed E-state index contributed by atoms with van der Waals surface area (Å²) in [5.41, 5.74) is 6.45. The van der Waals surface area contributed by atoms with Gasteiger partial charge < -0.3 is 5.73 Å². The van der Waals surface area contributed by atoms with Crippen LogP contribution in [0.15, 0.2) is 18.2 Å². The van der Waals surface area contributed by atoms with Crippen LogP contribution < -0.4 is 5.73 Å². The molecule has 0 fully saturated rings. The lowest BCUT2D eigenvalue weighted by Crippen LogP contribution is -2.23. The Morgan fingerprint density at radius 2 is 1.37 bits per heavy atom. The van der Waals surface area contributed by atoms with Gasteiger partial charge in [0.15, 0.2) is 5.78 Å². The molecule has 2 nitrogen and oxygen atoms in total. The molecule has 0 heterocycles. The maximum atomic E-state index is 12.6. The van der Waals surface area contributed by atoms with Crippen molar-refractivity contribution < 1.29 is 4.79 Å². The Morgan fingerprint density at radius 3 is 1.85 bits per heavy atom. The van der Waals surface area contributed by atoms with E-state index in [4.69, 9.17) is 28.9 Å². The van der Waals surface area contributed by atoms with Crippen LogP contribution in [0.2, 0.25) is 10.0 Å². The van der Waals surface area contributed by atoms with Crippen molar-refractivity contribution in [2.75, 3.05) is 6.54 Å². The number of benzene rings is 1. The van der Waals surface area contributed by atoms with Gasteiger partial charge in [-0.05, 0) is 24.6 Å². The molecule has 1 aromatic carbocycles. The summed E-state index contributed by atoms with van der Waals surface area (Å²) in [7, 11) is 0. The molecule has 0 bridgehead atoms. The number of hydrogen-bond donors (Lipinski definition) is 1. The summed E-state index contributed by atoms with van der Waals surface area (Å²) in [6.07, 6.45) is 16.7. The van der Waals surface area contributed by atoms with Gasteiger partial charge in [-0.25, -0.2) is 0 Å². The second-order valence-corrected chi connectivity index (χ2v) is 8.42. The molecule has 1 rings (SSSR count). The van der Waals surface area contributed by atoms with Crippen molar-refractivity contribution in [1.29, 1.82) is 0 Å². The van der Waals surface area contributed by atoms with Crippen LogP contribution in [0.1, 0.15) is 101 Å². The molecule has 27 heavy (non-hydrogen) atoms. The second-order valence-electron chi connectivity index (χ2n) is 7.60. The first-order valence-corrected chi connectivity index (χ1v) is 11.5. The lowest BCUT2D eigenvalue weighted by Gasteiger charge is -2.14. The Bertz CT molecular complexity index is 533. The Balaban J connectivity index is 2.11. The Kier molecular flexibility index (Phi) is 13.9. The van der Waals surface area contributed by atoms with Crippen LogP contribution in [0.5, 0.6) is 0 Å². The number of Topliss-reactive ketones (excluding diaryl/α,β-unsaturated/α-hetero) is 1. The number of carbonyl (C=O) groups is 1. The van der Waals surface area contributed by atoms with Gasteiger partial charge in [-0.15, -0.1) is 0 Å². The zero-order valence-electron chi connectivity index (χ0n) is 17.0. The van der Waals surface area contributed by atoms with Crippen molar-refractivity contribution in [3.05, 3.63) is 33.8 Å². The quantitative estimate of drug-likeness (QED) is 0.221. The summed E-state index contributed by atoms with van der Waals surface area (Å²) in [5.74, 6) is -0.0375. The zero-order valence-corrected chi connectivity index (χ0v) is 18.5. The molecule has 1 atom stereocenters. The molecule has 0 aromatic heterocycles. The van der Waals surface area contributed by atoms with Crippen molar-refractivity contribution >= 4 is 29.0 Å². The Hall–Kier alpha value is -0.570. The van der Waals surface area contributed by atoms with Crippen LogP contribution in [0, 0.1) is 5.92 Å². The third-order valence-electron chi connectivity index (χ3n) is 5.27. The van der Waals surface area contributed by atoms with E-state index in [-0.39, 0.29) is 11.7 Å². The van der Waals surface area contributed by atoms with Gasteiger partial charge in [0.05, 0.1) is 10.0 Å². The molecule has 2 N–H and O–H groups in total. The normalized spacial score (nSPS) is 12.3. The molecule has 0 radical (unpaired) electrons. The summed E-state index contributed by atoms with van der Waals surface area (Å²) in [4.78, 5) is 12.6. The highest BCUT2D eigenvalue weighted by Gasteiger charge is 2.19. The molecular weight excluding hydrogens is 377 g/mol. The number of hydrogen-bond acceptors (Lipinski definition) is 2. The summed E-state index contributed by atoms with van der Waals surface area (Å²) < 4.78 is 0. The minimum absolute atomic E-state index is 0.0825. The monoisotopic (exact) mass is 413 g/mol. The van der Waals surface area contributed by atoms with Gasteiger partial charge in [0, 0.05) is 18.0 Å². The molecular formula is C23H37Cl2NO. The molecule has 0 aliphatic heterocycles. The van der Waals surface area contributed by atoms with E-state index in [1.54, 1.807) is 18.2 Å². The van der Waals surface area contributed by atoms with Crippen LogP contribution in [-0.4, -0.2) is 12.3 Å². The zero-order chi connectivity index (χ0) is 19.9. The van der Waals surface area contributed by atoms with Gasteiger partial charge in [-0.2, -0.15) is 0 Å². The molecule has 4 heteroatoms. The summed E-state index contributed by atoms with van der Waals surface area (Å²) >= 11 is 11.9. The molecule has 1 aromatic rings. The number of halogens is 2. The highest BCUT2D eigenvalue weighted by Crippen LogP contribution is 2.25. The fourth-order valence-electron chi connectivity index (χ4n) is 3.47. The lowest BCUT2D eigenvalue weighted by atomic mass is 9.92. The van der Waals surface area contributed by atoms with Crippen molar-refractivity contribution in [3.8, 4) is 0 Å². The molecule has 0 saturated carbocycles. The van der Waals surface area contributed by atoms with Crippen LogP contribution in [0.3, 0.4) is 0 Å². The number of nitrogens with two attached hydrogens (primary N) is 1. The molecule has 0 spiro atoms. The Labute approximate surface area is 176 Å². The van der Waals surface area contributed by atoms with Crippen LogP contribution >= 0.6 is 23.2 Å². The maximum absolute atomic E-state index is 12.6. The molecule has 0 amide bonds. The van der Waals surface area contributed by atoms with E-state index in [2.05, 4.69) is 6.92 Å². The van der Waals surface area contributed by atoms with Crippen LogP contribution in [-0.2, 0) is 0 Å². The van der Waals surface area contributed by atoms with Crippen molar-refractivity contribution in [2.45, 2.75) is 90.4 Å². The second kappa shape index (κ2) is 15.4. The van der Waals surface area contributed by atoms with Gasteiger partial charge in [0.25, 0.3) is 0 Å². The molecule has 1 unspecified atom stereocenters. The van der Waals surface area contributed by atoms with E-state index in [0.717, 1.165) is 12.8 Å². The fraction of sp³-hybridized carbons (Fsp3) is 0.696. The minimum Gasteiger partial charge on any atom is -0.330 e. The van der Waals surface area contributed by atoms with Gasteiger partial charge in [-0.3, -0.25) is 4.79 Å². The van der Waals surface area contributed by atoms with E-state index < -0.39 is 0 Å². The lowest BCUT2D eigenvalue weighted by molar-refractivity contribution is 0.0916.